The van der Waals surface area contributed by atoms with Crippen LogP contribution in [-0.4, -0.2) is 15.5 Å². The molecule has 0 heterocycles. The van der Waals surface area contributed by atoms with E-state index in [9.17, 15) is 12.8 Å². The molecule has 6 heteroatoms. The molecule has 0 N–H and O–H groups in total. The Morgan fingerprint density at radius 2 is 1.62 bits per heavy atom. The molecule has 3 nitrogen and oxygen atoms in total. The molecule has 2 rings (SSSR count). The average molecular weight is 372 g/mol. The molecule has 0 spiro atoms. The van der Waals surface area contributed by atoms with E-state index in [-0.39, 0.29) is 4.90 Å². The van der Waals surface area contributed by atoms with Crippen molar-refractivity contribution >= 4 is 31.6 Å². The zero-order valence-corrected chi connectivity index (χ0v) is 14.3. The summed E-state index contributed by atoms with van der Waals surface area (Å²) in [5.74, 6) is -0.777. The van der Waals surface area contributed by atoms with E-state index in [0.29, 0.717) is 10.2 Å². The Bertz CT molecular complexity index is 770. The van der Waals surface area contributed by atoms with Crippen molar-refractivity contribution in [2.45, 2.75) is 18.7 Å². The van der Waals surface area contributed by atoms with Gasteiger partial charge < -0.3 is 0 Å². The van der Waals surface area contributed by atoms with Crippen LogP contribution in [0, 0.1) is 19.7 Å². The molecule has 112 valence electrons. The molecule has 0 aliphatic rings. The fourth-order valence-corrected chi connectivity index (χ4v) is 3.66. The molecule has 0 radical (unpaired) electrons. The highest BCUT2D eigenvalue weighted by Crippen LogP contribution is 2.27. The molecule has 0 aliphatic heterocycles. The van der Waals surface area contributed by atoms with Gasteiger partial charge in [0, 0.05) is 11.5 Å². The first-order chi connectivity index (χ1) is 9.71. The maximum atomic E-state index is 13.9. The predicted octanol–water partition coefficient (Wildman–Crippen LogP) is 4.03. The minimum Gasteiger partial charge on any atom is -0.269 e. The van der Waals surface area contributed by atoms with Gasteiger partial charge >= 0.3 is 0 Å². The summed E-state index contributed by atoms with van der Waals surface area (Å²) in [7, 11) is -2.51. The van der Waals surface area contributed by atoms with Crippen molar-refractivity contribution < 1.29 is 12.8 Å². The van der Waals surface area contributed by atoms with Gasteiger partial charge in [-0.1, -0.05) is 22.0 Å². The van der Waals surface area contributed by atoms with Crippen molar-refractivity contribution in [2.75, 3.05) is 11.4 Å². The summed E-state index contributed by atoms with van der Waals surface area (Å²) >= 11 is 3.12. The molecule has 2 aromatic carbocycles. The lowest BCUT2D eigenvalue weighted by Crippen LogP contribution is -2.27. The normalized spacial score (nSPS) is 11.5. The van der Waals surface area contributed by atoms with Crippen LogP contribution in [0.5, 0.6) is 0 Å². The maximum Gasteiger partial charge on any atom is 0.266 e. The summed E-state index contributed by atoms with van der Waals surface area (Å²) in [5.41, 5.74) is 2.40. The van der Waals surface area contributed by atoms with Crippen molar-refractivity contribution in [3.8, 4) is 0 Å². The third-order valence-corrected chi connectivity index (χ3v) is 5.41. The largest absolute Gasteiger partial charge is 0.269 e. The lowest BCUT2D eigenvalue weighted by Gasteiger charge is -2.21. The molecule has 21 heavy (non-hydrogen) atoms. The molecule has 0 fully saturated rings. The van der Waals surface area contributed by atoms with Crippen molar-refractivity contribution in [1.29, 1.82) is 0 Å². The van der Waals surface area contributed by atoms with Crippen LogP contribution in [0.3, 0.4) is 0 Å². The van der Waals surface area contributed by atoms with E-state index in [1.165, 1.54) is 19.2 Å². The highest BCUT2D eigenvalue weighted by Gasteiger charge is 2.25. The molecule has 0 aliphatic carbocycles. The first-order valence-electron chi connectivity index (χ1n) is 6.24. The maximum absolute atomic E-state index is 13.9. The first kappa shape index (κ1) is 16.0. The van der Waals surface area contributed by atoms with E-state index in [1.807, 2.05) is 19.9 Å². The Kier molecular flexibility index (Phi) is 4.39. The zero-order valence-electron chi connectivity index (χ0n) is 11.9. The molecule has 0 unspecified atom stereocenters. The second-order valence-corrected chi connectivity index (χ2v) is 7.75. The van der Waals surface area contributed by atoms with Gasteiger partial charge in [0.05, 0.1) is 5.69 Å². The minimum absolute atomic E-state index is 0.340. The van der Waals surface area contributed by atoms with Crippen LogP contribution in [0.4, 0.5) is 10.1 Å². The summed E-state index contributed by atoms with van der Waals surface area (Å²) < 4.78 is 40.7. The number of benzene rings is 2. The van der Waals surface area contributed by atoms with E-state index in [2.05, 4.69) is 15.9 Å². The van der Waals surface area contributed by atoms with E-state index in [4.69, 9.17) is 0 Å². The minimum atomic E-state index is -3.94. The van der Waals surface area contributed by atoms with E-state index < -0.39 is 15.8 Å². The fourth-order valence-electron chi connectivity index (χ4n) is 2.10. The number of sulfonamides is 1. The number of rotatable bonds is 3. The number of hydrogen-bond donors (Lipinski definition) is 0. The van der Waals surface area contributed by atoms with Gasteiger partial charge in [-0.05, 0) is 55.3 Å². The Labute approximate surface area is 132 Å². The van der Waals surface area contributed by atoms with Gasteiger partial charge in [-0.15, -0.1) is 0 Å². The van der Waals surface area contributed by atoms with Crippen molar-refractivity contribution in [2.24, 2.45) is 0 Å². The fraction of sp³-hybridized carbons (Fsp3) is 0.200. The topological polar surface area (TPSA) is 37.4 Å². The van der Waals surface area contributed by atoms with Crippen LogP contribution in [0.15, 0.2) is 45.8 Å². The van der Waals surface area contributed by atoms with E-state index >= 15 is 0 Å². The highest BCUT2D eigenvalue weighted by molar-refractivity contribution is 9.10. The molecule has 0 atom stereocenters. The first-order valence-corrected chi connectivity index (χ1v) is 8.47. The van der Waals surface area contributed by atoms with E-state index in [0.717, 1.165) is 21.5 Å². The zero-order chi connectivity index (χ0) is 15.8. The summed E-state index contributed by atoms with van der Waals surface area (Å²) in [5, 5.41) is 0. The standard InChI is InChI=1S/C15H15BrFNO2S/c1-10-6-11(2)8-13(7-10)18(3)21(19,20)15-5-4-12(16)9-14(15)17/h4-9H,1-3H3. The number of halogens is 2. The van der Waals surface area contributed by atoms with Crippen LogP contribution in [0.2, 0.25) is 0 Å². The summed E-state index contributed by atoms with van der Waals surface area (Å²) in [4.78, 5) is -0.340. The Morgan fingerprint density at radius 3 is 2.14 bits per heavy atom. The van der Waals surface area contributed by atoms with Gasteiger partial charge in [0.15, 0.2) is 0 Å². The van der Waals surface area contributed by atoms with Crippen molar-refractivity contribution in [3.63, 3.8) is 0 Å². The van der Waals surface area contributed by atoms with Crippen LogP contribution in [0.25, 0.3) is 0 Å². The molecule has 0 saturated carbocycles. The van der Waals surface area contributed by atoms with Gasteiger partial charge in [-0.25, -0.2) is 12.8 Å². The van der Waals surface area contributed by atoms with Crippen molar-refractivity contribution in [1.82, 2.24) is 0 Å². The molecule has 0 bridgehead atoms. The smallest absolute Gasteiger partial charge is 0.266 e. The Morgan fingerprint density at radius 1 is 1.05 bits per heavy atom. The third kappa shape index (κ3) is 3.27. The van der Waals surface area contributed by atoms with Gasteiger partial charge in [-0.2, -0.15) is 0 Å². The number of anilines is 1. The molecular formula is C15H15BrFNO2S. The highest BCUT2D eigenvalue weighted by atomic mass is 79.9. The van der Waals surface area contributed by atoms with Gasteiger partial charge in [-0.3, -0.25) is 4.31 Å². The van der Waals surface area contributed by atoms with Gasteiger partial charge in [0.2, 0.25) is 0 Å². The van der Waals surface area contributed by atoms with Gasteiger partial charge in [0.25, 0.3) is 10.0 Å². The molecule has 0 amide bonds. The lowest BCUT2D eigenvalue weighted by molar-refractivity contribution is 0.565. The second kappa shape index (κ2) is 5.77. The van der Waals surface area contributed by atoms with Gasteiger partial charge in [0.1, 0.15) is 10.7 Å². The summed E-state index contributed by atoms with van der Waals surface area (Å²) in [6.45, 7) is 3.77. The van der Waals surface area contributed by atoms with Crippen LogP contribution < -0.4 is 4.31 Å². The third-order valence-electron chi connectivity index (χ3n) is 3.10. The van der Waals surface area contributed by atoms with Crippen LogP contribution in [-0.2, 0) is 10.0 Å². The Balaban J connectivity index is 2.52. The number of aryl methyl sites for hydroxylation is 2. The van der Waals surface area contributed by atoms with Crippen molar-refractivity contribution in [3.05, 3.63) is 57.8 Å². The van der Waals surface area contributed by atoms with Crippen LogP contribution >= 0.6 is 15.9 Å². The summed E-state index contributed by atoms with van der Waals surface area (Å²) in [6.07, 6.45) is 0. The molecule has 0 saturated heterocycles. The van der Waals surface area contributed by atoms with Crippen LogP contribution in [0.1, 0.15) is 11.1 Å². The quantitative estimate of drug-likeness (QED) is 0.816. The monoisotopic (exact) mass is 371 g/mol. The summed E-state index contributed by atoms with van der Waals surface area (Å²) in [6, 6.07) is 9.36. The lowest BCUT2D eigenvalue weighted by atomic mass is 10.1. The molecule has 2 aromatic rings. The SMILES string of the molecule is Cc1cc(C)cc(N(C)S(=O)(=O)c2ccc(Br)cc2F)c1. The Hall–Kier alpha value is -1.40. The number of hydrogen-bond acceptors (Lipinski definition) is 2. The van der Waals surface area contributed by atoms with E-state index in [1.54, 1.807) is 12.1 Å². The number of nitrogens with zero attached hydrogens (tertiary/aromatic N) is 1. The molecular weight excluding hydrogens is 357 g/mol. The predicted molar refractivity (Wildman–Crippen MR) is 85.6 cm³/mol. The average Bonchev–Trinajstić information content (AvgIpc) is 2.36. The second-order valence-electron chi connectivity index (χ2n) is 4.89. The molecule has 0 aromatic heterocycles.